The smallest absolute Gasteiger partial charge is 0.220 e. The van der Waals surface area contributed by atoms with Crippen molar-refractivity contribution in [1.29, 1.82) is 0 Å². The SMILES string of the molecule is CCOC1CC(CC(=O)NC(CC)CCN)C1. The molecule has 1 unspecified atom stereocenters. The van der Waals surface area contributed by atoms with Crippen LogP contribution in [0.2, 0.25) is 0 Å². The average Bonchev–Trinajstić information content (AvgIpc) is 2.25. The van der Waals surface area contributed by atoms with Gasteiger partial charge in [0.05, 0.1) is 6.10 Å². The summed E-state index contributed by atoms with van der Waals surface area (Å²) in [7, 11) is 0. The number of nitrogens with one attached hydrogen (secondary N) is 1. The van der Waals surface area contributed by atoms with Crippen LogP contribution >= 0.6 is 0 Å². The quantitative estimate of drug-likeness (QED) is 0.677. The van der Waals surface area contributed by atoms with Crippen LogP contribution in [0.4, 0.5) is 0 Å². The minimum absolute atomic E-state index is 0.172. The van der Waals surface area contributed by atoms with Gasteiger partial charge in [-0.15, -0.1) is 0 Å². The first-order chi connectivity index (χ1) is 8.19. The fourth-order valence-corrected chi connectivity index (χ4v) is 2.34. The second-order valence-corrected chi connectivity index (χ2v) is 4.87. The molecule has 17 heavy (non-hydrogen) atoms. The van der Waals surface area contributed by atoms with E-state index in [4.69, 9.17) is 10.5 Å². The van der Waals surface area contributed by atoms with Crippen molar-refractivity contribution in [2.45, 2.75) is 58.1 Å². The highest BCUT2D eigenvalue weighted by Gasteiger charge is 2.31. The Hall–Kier alpha value is -0.610. The highest BCUT2D eigenvalue weighted by molar-refractivity contribution is 5.76. The Bertz CT molecular complexity index is 227. The van der Waals surface area contributed by atoms with Crippen LogP contribution in [0.1, 0.15) is 46.0 Å². The third-order valence-corrected chi connectivity index (χ3v) is 3.44. The van der Waals surface area contributed by atoms with Crippen molar-refractivity contribution in [3.8, 4) is 0 Å². The Morgan fingerprint density at radius 1 is 1.47 bits per heavy atom. The Morgan fingerprint density at radius 2 is 2.18 bits per heavy atom. The second-order valence-electron chi connectivity index (χ2n) is 4.87. The normalized spacial score (nSPS) is 25.1. The van der Waals surface area contributed by atoms with Crippen molar-refractivity contribution < 1.29 is 9.53 Å². The zero-order valence-corrected chi connectivity index (χ0v) is 11.1. The molecule has 4 heteroatoms. The second kappa shape index (κ2) is 7.67. The number of hydrogen-bond acceptors (Lipinski definition) is 3. The van der Waals surface area contributed by atoms with Crippen molar-refractivity contribution in [1.82, 2.24) is 5.32 Å². The van der Waals surface area contributed by atoms with Gasteiger partial charge in [0.25, 0.3) is 0 Å². The van der Waals surface area contributed by atoms with Gasteiger partial charge in [0.1, 0.15) is 0 Å². The molecule has 0 spiro atoms. The maximum atomic E-state index is 11.8. The van der Waals surface area contributed by atoms with E-state index < -0.39 is 0 Å². The summed E-state index contributed by atoms with van der Waals surface area (Å²) in [6, 6.07) is 0.246. The maximum absolute atomic E-state index is 11.8. The third-order valence-electron chi connectivity index (χ3n) is 3.44. The van der Waals surface area contributed by atoms with E-state index in [0.717, 1.165) is 32.3 Å². The van der Waals surface area contributed by atoms with Gasteiger partial charge in [-0.2, -0.15) is 0 Å². The minimum atomic E-state index is 0.172. The van der Waals surface area contributed by atoms with E-state index in [0.29, 0.717) is 25.0 Å². The van der Waals surface area contributed by atoms with Crippen molar-refractivity contribution in [3.05, 3.63) is 0 Å². The molecule has 0 aromatic heterocycles. The van der Waals surface area contributed by atoms with E-state index in [-0.39, 0.29) is 11.9 Å². The lowest BCUT2D eigenvalue weighted by Gasteiger charge is -2.34. The van der Waals surface area contributed by atoms with Crippen LogP contribution in [0.15, 0.2) is 0 Å². The number of ether oxygens (including phenoxy) is 1. The Morgan fingerprint density at radius 3 is 2.71 bits per heavy atom. The minimum Gasteiger partial charge on any atom is -0.378 e. The molecule has 1 saturated carbocycles. The van der Waals surface area contributed by atoms with Crippen LogP contribution < -0.4 is 11.1 Å². The van der Waals surface area contributed by atoms with E-state index in [2.05, 4.69) is 12.2 Å². The molecule has 1 aliphatic rings. The molecule has 0 aliphatic heterocycles. The third kappa shape index (κ3) is 5.04. The van der Waals surface area contributed by atoms with E-state index in [1.807, 2.05) is 6.92 Å². The van der Waals surface area contributed by atoms with Crippen LogP contribution in [-0.2, 0) is 9.53 Å². The molecule has 4 nitrogen and oxygen atoms in total. The molecule has 0 aromatic rings. The van der Waals surface area contributed by atoms with Crippen LogP contribution in [0, 0.1) is 5.92 Å². The van der Waals surface area contributed by atoms with Gasteiger partial charge in [-0.3, -0.25) is 4.79 Å². The standard InChI is InChI=1S/C13H26N2O2/c1-3-11(5-6-14)15-13(16)9-10-7-12(8-10)17-4-2/h10-12H,3-9,14H2,1-2H3,(H,15,16). The number of carbonyl (C=O) groups excluding carboxylic acids is 1. The number of amides is 1. The summed E-state index contributed by atoms with van der Waals surface area (Å²) in [6.07, 6.45) is 4.93. The molecule has 1 rings (SSSR count). The lowest BCUT2D eigenvalue weighted by atomic mass is 9.80. The van der Waals surface area contributed by atoms with Gasteiger partial charge in [-0.25, -0.2) is 0 Å². The van der Waals surface area contributed by atoms with Crippen molar-refractivity contribution in [2.24, 2.45) is 11.7 Å². The number of nitrogens with two attached hydrogens (primary N) is 1. The van der Waals surface area contributed by atoms with E-state index in [1.165, 1.54) is 0 Å². The predicted molar refractivity (Wildman–Crippen MR) is 68.6 cm³/mol. The van der Waals surface area contributed by atoms with Crippen LogP contribution in [0.25, 0.3) is 0 Å². The fourth-order valence-electron chi connectivity index (χ4n) is 2.34. The molecule has 0 radical (unpaired) electrons. The number of rotatable bonds is 8. The molecule has 0 heterocycles. The first-order valence-electron chi connectivity index (χ1n) is 6.80. The average molecular weight is 242 g/mol. The summed E-state index contributed by atoms with van der Waals surface area (Å²) in [5.74, 6) is 0.687. The highest BCUT2D eigenvalue weighted by atomic mass is 16.5. The highest BCUT2D eigenvalue weighted by Crippen LogP contribution is 2.32. The van der Waals surface area contributed by atoms with E-state index in [9.17, 15) is 4.79 Å². The van der Waals surface area contributed by atoms with Gasteiger partial charge in [-0.1, -0.05) is 6.92 Å². The predicted octanol–water partition coefficient (Wildman–Crippen LogP) is 1.44. The van der Waals surface area contributed by atoms with Gasteiger partial charge in [0.15, 0.2) is 0 Å². The van der Waals surface area contributed by atoms with Gasteiger partial charge >= 0.3 is 0 Å². The molecule has 3 N–H and O–H groups in total. The van der Waals surface area contributed by atoms with Gasteiger partial charge in [0.2, 0.25) is 5.91 Å². The Labute approximate surface area is 104 Å². The monoisotopic (exact) mass is 242 g/mol. The summed E-state index contributed by atoms with van der Waals surface area (Å²) in [6.45, 7) is 5.50. The van der Waals surface area contributed by atoms with Crippen LogP contribution in [0.3, 0.4) is 0 Å². The van der Waals surface area contributed by atoms with Crippen LogP contribution in [-0.4, -0.2) is 31.2 Å². The number of carbonyl (C=O) groups is 1. The van der Waals surface area contributed by atoms with Crippen LogP contribution in [0.5, 0.6) is 0 Å². The topological polar surface area (TPSA) is 64.3 Å². The number of hydrogen-bond donors (Lipinski definition) is 2. The summed E-state index contributed by atoms with van der Waals surface area (Å²) in [5, 5.41) is 3.05. The summed E-state index contributed by atoms with van der Waals surface area (Å²) < 4.78 is 5.48. The van der Waals surface area contributed by atoms with Gasteiger partial charge in [-0.05, 0) is 45.1 Å². The maximum Gasteiger partial charge on any atom is 0.220 e. The van der Waals surface area contributed by atoms with Crippen molar-refractivity contribution in [2.75, 3.05) is 13.2 Å². The van der Waals surface area contributed by atoms with E-state index in [1.54, 1.807) is 0 Å². The largest absolute Gasteiger partial charge is 0.378 e. The first kappa shape index (κ1) is 14.5. The molecule has 1 atom stereocenters. The van der Waals surface area contributed by atoms with Gasteiger partial charge < -0.3 is 15.8 Å². The first-order valence-corrected chi connectivity index (χ1v) is 6.80. The molecule has 1 fully saturated rings. The molecule has 100 valence electrons. The zero-order valence-electron chi connectivity index (χ0n) is 11.1. The summed E-state index contributed by atoms with van der Waals surface area (Å²) in [4.78, 5) is 11.8. The molecule has 0 saturated heterocycles. The molecule has 0 bridgehead atoms. The molecule has 1 amide bonds. The zero-order chi connectivity index (χ0) is 12.7. The van der Waals surface area contributed by atoms with Crippen molar-refractivity contribution >= 4 is 5.91 Å². The van der Waals surface area contributed by atoms with E-state index >= 15 is 0 Å². The molecular weight excluding hydrogens is 216 g/mol. The van der Waals surface area contributed by atoms with Crippen molar-refractivity contribution in [3.63, 3.8) is 0 Å². The molecule has 1 aliphatic carbocycles. The van der Waals surface area contributed by atoms with Gasteiger partial charge in [0, 0.05) is 19.1 Å². The molecule has 0 aromatic carbocycles. The summed E-state index contributed by atoms with van der Waals surface area (Å²) >= 11 is 0. The Kier molecular flexibility index (Phi) is 6.52. The molecular formula is C13H26N2O2. The lowest BCUT2D eigenvalue weighted by Crippen LogP contribution is -2.40. The summed E-state index contributed by atoms with van der Waals surface area (Å²) in [5.41, 5.74) is 5.50. The lowest BCUT2D eigenvalue weighted by molar-refractivity contribution is -0.125. The Balaban J connectivity index is 2.13. The fraction of sp³-hybridized carbons (Fsp3) is 0.923.